The van der Waals surface area contributed by atoms with Gasteiger partial charge in [0.05, 0.1) is 39.6 Å². The summed E-state index contributed by atoms with van der Waals surface area (Å²) in [6.45, 7) is 3.94. The van der Waals surface area contributed by atoms with E-state index in [1.54, 1.807) is 0 Å². The monoisotopic (exact) mass is 843 g/mol. The zero-order valence-electron chi connectivity index (χ0n) is 35.5. The summed E-state index contributed by atoms with van der Waals surface area (Å²) in [5.41, 5.74) is 0. The summed E-state index contributed by atoms with van der Waals surface area (Å²) < 4.78 is 21.0. The lowest BCUT2D eigenvalue weighted by Crippen LogP contribution is -2.45. The van der Waals surface area contributed by atoms with Crippen molar-refractivity contribution in [3.63, 3.8) is 0 Å². The molecule has 0 bridgehead atoms. The van der Waals surface area contributed by atoms with Crippen molar-refractivity contribution in [3.05, 3.63) is 0 Å². The smallest absolute Gasteiger partial charge is 0.326 e. The van der Waals surface area contributed by atoms with Gasteiger partial charge in [-0.05, 0) is 57.8 Å². The van der Waals surface area contributed by atoms with E-state index in [2.05, 4.69) is 21.3 Å². The number of nitrogens with one attached hydrogen (secondary N) is 4. The van der Waals surface area contributed by atoms with Crippen molar-refractivity contribution in [2.45, 2.75) is 141 Å². The van der Waals surface area contributed by atoms with Crippen LogP contribution < -0.4 is 21.3 Å². The number of hydrogen-bond donors (Lipinski definition) is 6. The molecule has 17 heteroatoms. The van der Waals surface area contributed by atoms with Crippen LogP contribution >= 0.6 is 0 Å². The zero-order chi connectivity index (χ0) is 43.4. The highest BCUT2D eigenvalue weighted by molar-refractivity contribution is 5.85. The van der Waals surface area contributed by atoms with Gasteiger partial charge in [0.25, 0.3) is 0 Å². The minimum absolute atomic E-state index is 0.0490. The van der Waals surface area contributed by atoms with Crippen LogP contribution in [0.15, 0.2) is 0 Å². The van der Waals surface area contributed by atoms with E-state index in [1.165, 1.54) is 45.4 Å². The van der Waals surface area contributed by atoms with Gasteiger partial charge in [0.15, 0.2) is 5.78 Å². The third-order valence-corrected chi connectivity index (χ3v) is 10.0. The Bertz CT molecular complexity index is 1200. The van der Waals surface area contributed by atoms with Crippen molar-refractivity contribution in [2.24, 2.45) is 11.8 Å². The lowest BCUT2D eigenvalue weighted by atomic mass is 9.81. The van der Waals surface area contributed by atoms with Crippen LogP contribution in [-0.4, -0.2) is 130 Å². The van der Waals surface area contributed by atoms with Gasteiger partial charge >= 0.3 is 11.9 Å². The van der Waals surface area contributed by atoms with E-state index in [0.29, 0.717) is 52.2 Å². The van der Waals surface area contributed by atoms with Crippen LogP contribution in [0.3, 0.4) is 0 Å². The van der Waals surface area contributed by atoms with Gasteiger partial charge in [-0.3, -0.25) is 28.8 Å². The van der Waals surface area contributed by atoms with Crippen LogP contribution in [0.25, 0.3) is 0 Å². The Labute approximate surface area is 350 Å². The standard InChI is InChI=1S/C42H74N4O13/c1-33(47)31-58-28-26-57-25-23-44-39(50)32-59-29-27-56-24-22-43-38(49)21-20-36(42(54)55)46-41(53)35-18-16-34(17-19-35)30-45-37(48)14-12-10-8-6-4-2-3-5-7-9-11-13-15-40(51)52/h34-36H,2-32H2,1H3,(H,43,49)(H,44,50)(H,45,48)(H,46,53)(H,51,52)(H,54,55)/t34-,35-,36-/m0/s1. The summed E-state index contributed by atoms with van der Waals surface area (Å²) in [6.07, 6.45) is 16.6. The van der Waals surface area contributed by atoms with Crippen LogP contribution in [0.1, 0.15) is 135 Å². The maximum absolute atomic E-state index is 12.9. The largest absolute Gasteiger partial charge is 0.481 e. The van der Waals surface area contributed by atoms with Crippen LogP contribution in [0.4, 0.5) is 0 Å². The number of unbranched alkanes of at least 4 members (excludes halogenated alkanes) is 11. The molecular weight excluding hydrogens is 768 g/mol. The molecule has 1 saturated carbocycles. The topological polar surface area (TPSA) is 245 Å². The predicted molar refractivity (Wildman–Crippen MR) is 220 cm³/mol. The molecule has 340 valence electrons. The second kappa shape index (κ2) is 36.2. The predicted octanol–water partition coefficient (Wildman–Crippen LogP) is 3.69. The Hall–Kier alpha value is -3.67. The molecule has 0 heterocycles. The van der Waals surface area contributed by atoms with Crippen molar-refractivity contribution < 1.29 is 62.7 Å². The third-order valence-electron chi connectivity index (χ3n) is 10.0. The van der Waals surface area contributed by atoms with E-state index < -0.39 is 18.0 Å². The molecule has 17 nitrogen and oxygen atoms in total. The molecule has 1 atom stereocenters. The highest BCUT2D eigenvalue weighted by Crippen LogP contribution is 2.29. The molecule has 0 aromatic carbocycles. The summed E-state index contributed by atoms with van der Waals surface area (Å²) in [7, 11) is 0. The molecule has 0 radical (unpaired) electrons. The molecular formula is C42H74N4O13. The number of ether oxygens (including phenoxy) is 4. The SMILES string of the molecule is CC(=O)COCCOCCNC(=O)COCCOCCNC(=O)CC[C@H](NC(=O)[C@H]1CC[C@H](CNC(=O)CCCCCCCCCCCCCCC(=O)O)CC1)C(=O)O. The average molecular weight is 843 g/mol. The number of amides is 4. The van der Waals surface area contributed by atoms with Gasteiger partial charge < -0.3 is 50.4 Å². The molecule has 4 amide bonds. The normalized spacial score (nSPS) is 15.5. The number of Topliss-reactive ketones (excluding diaryl/α,β-unsaturated/α-hetero) is 1. The summed E-state index contributed by atoms with van der Waals surface area (Å²) in [5, 5.41) is 29.3. The van der Waals surface area contributed by atoms with Crippen LogP contribution in [0.5, 0.6) is 0 Å². The summed E-state index contributed by atoms with van der Waals surface area (Å²) in [4.78, 5) is 82.5. The molecule has 6 N–H and O–H groups in total. The van der Waals surface area contributed by atoms with Gasteiger partial charge in [-0.25, -0.2) is 4.79 Å². The van der Waals surface area contributed by atoms with Gasteiger partial charge in [-0.2, -0.15) is 0 Å². The number of carbonyl (C=O) groups is 7. The van der Waals surface area contributed by atoms with E-state index in [9.17, 15) is 38.7 Å². The number of ketones is 1. The third kappa shape index (κ3) is 32.8. The van der Waals surface area contributed by atoms with Crippen LogP contribution in [-0.2, 0) is 52.5 Å². The van der Waals surface area contributed by atoms with Crippen molar-refractivity contribution in [3.8, 4) is 0 Å². The number of carbonyl (C=O) groups excluding carboxylic acids is 5. The fraction of sp³-hybridized carbons (Fsp3) is 0.833. The Morgan fingerprint density at radius 1 is 0.542 bits per heavy atom. The molecule has 59 heavy (non-hydrogen) atoms. The van der Waals surface area contributed by atoms with Crippen LogP contribution in [0.2, 0.25) is 0 Å². The van der Waals surface area contributed by atoms with Gasteiger partial charge in [-0.1, -0.05) is 64.2 Å². The molecule has 1 rings (SSSR count). The molecule has 0 saturated heterocycles. The van der Waals surface area contributed by atoms with Crippen molar-refractivity contribution in [2.75, 3.05) is 72.5 Å². The van der Waals surface area contributed by atoms with Crippen molar-refractivity contribution in [1.29, 1.82) is 0 Å². The zero-order valence-corrected chi connectivity index (χ0v) is 35.5. The molecule has 0 unspecified atom stereocenters. The first-order valence-electron chi connectivity index (χ1n) is 21.8. The second-order valence-electron chi connectivity index (χ2n) is 15.3. The van der Waals surface area contributed by atoms with Gasteiger partial charge in [0.1, 0.15) is 19.3 Å². The lowest BCUT2D eigenvalue weighted by Gasteiger charge is -2.28. The molecule has 0 aromatic rings. The maximum atomic E-state index is 12.9. The van der Waals surface area contributed by atoms with E-state index in [-0.39, 0.29) is 100 Å². The van der Waals surface area contributed by atoms with Gasteiger partial charge in [0.2, 0.25) is 23.6 Å². The van der Waals surface area contributed by atoms with E-state index >= 15 is 0 Å². The second-order valence-corrected chi connectivity index (χ2v) is 15.3. The summed E-state index contributed by atoms with van der Waals surface area (Å²) in [5.74, 6) is -2.92. The first-order valence-corrected chi connectivity index (χ1v) is 21.8. The van der Waals surface area contributed by atoms with Gasteiger partial charge in [-0.15, -0.1) is 0 Å². The number of carboxylic acids is 2. The summed E-state index contributed by atoms with van der Waals surface area (Å²) >= 11 is 0. The molecule has 1 aliphatic rings. The Morgan fingerprint density at radius 3 is 1.54 bits per heavy atom. The molecule has 0 aliphatic heterocycles. The number of hydrogen-bond acceptors (Lipinski definition) is 11. The van der Waals surface area contributed by atoms with E-state index in [1.807, 2.05) is 0 Å². The van der Waals surface area contributed by atoms with E-state index in [0.717, 1.165) is 51.4 Å². The molecule has 1 fully saturated rings. The minimum atomic E-state index is -1.20. The Kier molecular flexibility index (Phi) is 32.7. The highest BCUT2D eigenvalue weighted by atomic mass is 16.5. The summed E-state index contributed by atoms with van der Waals surface area (Å²) in [6, 6.07) is -1.18. The Morgan fingerprint density at radius 2 is 1.02 bits per heavy atom. The molecule has 0 spiro atoms. The number of rotatable bonds is 39. The maximum Gasteiger partial charge on any atom is 0.326 e. The average Bonchev–Trinajstić information content (AvgIpc) is 3.20. The Balaban J connectivity index is 2.03. The number of aliphatic carboxylic acids is 2. The lowest BCUT2D eigenvalue weighted by molar-refractivity contribution is -0.143. The quantitative estimate of drug-likeness (QED) is 0.0485. The fourth-order valence-electron chi connectivity index (χ4n) is 6.61. The fourth-order valence-corrected chi connectivity index (χ4v) is 6.61. The van der Waals surface area contributed by atoms with Gasteiger partial charge in [0, 0.05) is 44.8 Å². The first-order chi connectivity index (χ1) is 28.5. The number of carboxylic acid groups (broad SMARTS) is 2. The highest BCUT2D eigenvalue weighted by Gasteiger charge is 2.29. The van der Waals surface area contributed by atoms with E-state index in [4.69, 9.17) is 24.1 Å². The molecule has 0 aromatic heterocycles. The molecule has 1 aliphatic carbocycles. The van der Waals surface area contributed by atoms with Crippen LogP contribution in [0, 0.1) is 11.8 Å². The van der Waals surface area contributed by atoms with Crippen molar-refractivity contribution in [1.82, 2.24) is 21.3 Å². The van der Waals surface area contributed by atoms with Crippen molar-refractivity contribution >= 4 is 41.4 Å². The minimum Gasteiger partial charge on any atom is -0.481 e. The first kappa shape index (κ1) is 53.3.